The minimum absolute atomic E-state index is 0.0314. The van der Waals surface area contributed by atoms with E-state index in [9.17, 15) is 18.8 Å². The summed E-state index contributed by atoms with van der Waals surface area (Å²) in [4.78, 5) is 41.1. The van der Waals surface area contributed by atoms with Crippen molar-refractivity contribution < 1.29 is 37.7 Å². The third kappa shape index (κ3) is 7.57. The Balaban J connectivity index is 1.91. The summed E-state index contributed by atoms with van der Waals surface area (Å²) < 4.78 is 35.9. The number of amides is 1. The van der Waals surface area contributed by atoms with Crippen LogP contribution >= 0.6 is 11.8 Å². The van der Waals surface area contributed by atoms with Gasteiger partial charge in [-0.15, -0.1) is 0 Å². The number of ether oxygens (including phenoxy) is 4. The lowest BCUT2D eigenvalue weighted by molar-refractivity contribution is -0.146. The van der Waals surface area contributed by atoms with E-state index in [-0.39, 0.29) is 24.4 Å². The number of carbonyl (C=O) groups is 3. The molecule has 1 amide bonds. The smallest absolute Gasteiger partial charge is 0.328 e. The third-order valence-corrected chi connectivity index (χ3v) is 7.53. The van der Waals surface area contributed by atoms with E-state index in [1.54, 1.807) is 32.5 Å². The van der Waals surface area contributed by atoms with Crippen LogP contribution in [0.5, 0.6) is 11.5 Å². The Hall–Kier alpha value is -4.06. The summed E-state index contributed by atoms with van der Waals surface area (Å²) in [6.45, 7) is 4.05. The Morgan fingerprint density at radius 1 is 1.00 bits per heavy atom. The van der Waals surface area contributed by atoms with Crippen molar-refractivity contribution in [2.75, 3.05) is 34.2 Å². The molecule has 0 spiro atoms. The second kappa shape index (κ2) is 14.0. The second-order valence-corrected chi connectivity index (χ2v) is 10.4. The Labute approximate surface area is 242 Å². The molecular weight excluding hydrogens is 553 g/mol. The monoisotopic (exact) mass is 587 g/mol. The van der Waals surface area contributed by atoms with Gasteiger partial charge in [-0.05, 0) is 48.4 Å². The minimum atomic E-state index is -1.01. The normalized spacial score (nSPS) is 11.9. The maximum atomic E-state index is 13.8. The lowest BCUT2D eigenvalue weighted by atomic mass is 9.81. The van der Waals surface area contributed by atoms with Gasteiger partial charge in [0.2, 0.25) is 5.91 Å². The van der Waals surface area contributed by atoms with Gasteiger partial charge in [-0.1, -0.05) is 31.7 Å². The molecule has 0 aliphatic carbocycles. The third-order valence-electron chi connectivity index (χ3n) is 6.58. The van der Waals surface area contributed by atoms with Crippen LogP contribution in [0.3, 0.4) is 0 Å². The Morgan fingerprint density at radius 3 is 2.29 bits per heavy atom. The van der Waals surface area contributed by atoms with Gasteiger partial charge >= 0.3 is 11.9 Å². The first-order valence-electron chi connectivity index (χ1n) is 12.7. The molecule has 1 aromatic heterocycles. The molecule has 41 heavy (non-hydrogen) atoms. The van der Waals surface area contributed by atoms with Crippen LogP contribution in [-0.2, 0) is 29.3 Å². The number of thioether (sulfide) groups is 1. The molecule has 0 aliphatic rings. The SMILES string of the molecule is COC(=O)CC[C@H](NC(=O)CSc1ncc(C(C)(C)c2ccc(OC)c(OC)c2)n1-c1ccc(F)cc1)C(=O)OC. The molecule has 12 heteroatoms. The number of rotatable bonds is 13. The molecule has 0 unspecified atom stereocenters. The quantitative estimate of drug-likeness (QED) is 0.233. The number of nitrogens with zero attached hydrogens (tertiary/aromatic N) is 2. The summed E-state index contributed by atoms with van der Waals surface area (Å²) in [7, 11) is 5.58. The molecule has 0 saturated carbocycles. The van der Waals surface area contributed by atoms with E-state index in [2.05, 4.69) is 15.0 Å². The van der Waals surface area contributed by atoms with E-state index in [1.165, 1.54) is 26.4 Å². The van der Waals surface area contributed by atoms with Crippen LogP contribution in [0.1, 0.15) is 37.9 Å². The molecule has 0 fully saturated rings. The van der Waals surface area contributed by atoms with Crippen molar-refractivity contribution in [3.05, 3.63) is 65.7 Å². The number of benzene rings is 2. The van der Waals surface area contributed by atoms with Gasteiger partial charge in [0.15, 0.2) is 16.7 Å². The van der Waals surface area contributed by atoms with Gasteiger partial charge in [-0.3, -0.25) is 14.2 Å². The summed E-state index contributed by atoms with van der Waals surface area (Å²) in [5, 5.41) is 3.10. The fourth-order valence-electron chi connectivity index (χ4n) is 4.21. The molecule has 3 rings (SSSR count). The predicted octanol–water partition coefficient (Wildman–Crippen LogP) is 4.06. The Morgan fingerprint density at radius 2 is 1.68 bits per heavy atom. The average molecular weight is 588 g/mol. The number of methoxy groups -OCH3 is 4. The Bertz CT molecular complexity index is 1380. The maximum Gasteiger partial charge on any atom is 0.328 e. The number of imidazole rings is 1. The van der Waals surface area contributed by atoms with E-state index in [0.29, 0.717) is 22.3 Å². The molecule has 1 N–H and O–H groups in total. The number of nitrogens with one attached hydrogen (secondary N) is 1. The summed E-state index contributed by atoms with van der Waals surface area (Å²) >= 11 is 1.15. The highest BCUT2D eigenvalue weighted by atomic mass is 32.2. The zero-order valence-electron chi connectivity index (χ0n) is 23.9. The molecule has 1 atom stereocenters. The first-order chi connectivity index (χ1) is 19.5. The van der Waals surface area contributed by atoms with E-state index >= 15 is 0 Å². The fraction of sp³-hybridized carbons (Fsp3) is 0.379. The highest BCUT2D eigenvalue weighted by Gasteiger charge is 2.31. The van der Waals surface area contributed by atoms with Crippen LogP contribution in [0.2, 0.25) is 0 Å². The number of halogens is 1. The first kappa shape index (κ1) is 31.5. The van der Waals surface area contributed by atoms with E-state index < -0.39 is 29.3 Å². The summed E-state index contributed by atoms with van der Waals surface area (Å²) in [6, 6.07) is 10.6. The molecular formula is C29H34FN3O7S. The van der Waals surface area contributed by atoms with E-state index in [4.69, 9.17) is 14.2 Å². The fourth-order valence-corrected chi connectivity index (χ4v) is 5.02. The largest absolute Gasteiger partial charge is 0.493 e. The van der Waals surface area contributed by atoms with Gasteiger partial charge in [0.1, 0.15) is 11.9 Å². The van der Waals surface area contributed by atoms with E-state index in [1.807, 2.05) is 36.6 Å². The molecule has 10 nitrogen and oxygen atoms in total. The molecule has 220 valence electrons. The van der Waals surface area contributed by atoms with Crippen LogP contribution < -0.4 is 14.8 Å². The van der Waals surface area contributed by atoms with Crippen LogP contribution in [0, 0.1) is 5.82 Å². The number of hydrogen-bond acceptors (Lipinski definition) is 9. The first-order valence-corrected chi connectivity index (χ1v) is 13.7. The highest BCUT2D eigenvalue weighted by molar-refractivity contribution is 7.99. The van der Waals surface area contributed by atoms with Gasteiger partial charge in [0.25, 0.3) is 0 Å². The lowest BCUT2D eigenvalue weighted by Crippen LogP contribution is -2.42. The zero-order valence-corrected chi connectivity index (χ0v) is 24.7. The maximum absolute atomic E-state index is 13.8. The van der Waals surface area contributed by atoms with Crippen molar-refractivity contribution in [3.8, 4) is 17.2 Å². The van der Waals surface area contributed by atoms with Crippen molar-refractivity contribution in [2.45, 2.75) is 43.3 Å². The molecule has 0 bridgehead atoms. The number of esters is 2. The van der Waals surface area contributed by atoms with E-state index in [0.717, 1.165) is 23.0 Å². The molecule has 0 saturated heterocycles. The van der Waals surface area contributed by atoms with Crippen molar-refractivity contribution >= 4 is 29.6 Å². The standard InChI is InChI=1S/C29H34FN3O7S/c1-29(2,18-7-13-22(37-3)23(15-18)38-4)24-16-31-28(33(24)20-10-8-19(30)9-11-20)41-17-25(34)32-21(27(36)40-6)12-14-26(35)39-5/h7-11,13,15-16,21H,12,14,17H2,1-6H3,(H,32,34)/t21-/m0/s1. The van der Waals surface area contributed by atoms with Crippen molar-refractivity contribution in [1.29, 1.82) is 0 Å². The summed E-state index contributed by atoms with van der Waals surface area (Å²) in [5.74, 6) is -0.927. The van der Waals surface area contributed by atoms with Gasteiger partial charge in [0, 0.05) is 17.5 Å². The zero-order chi connectivity index (χ0) is 30.2. The van der Waals surface area contributed by atoms with Crippen LogP contribution in [0.4, 0.5) is 4.39 Å². The molecule has 1 heterocycles. The molecule has 0 radical (unpaired) electrons. The summed E-state index contributed by atoms with van der Waals surface area (Å²) in [6.07, 6.45) is 1.69. The average Bonchev–Trinajstić information content (AvgIpc) is 3.42. The number of aromatic nitrogens is 2. The van der Waals surface area contributed by atoms with Crippen LogP contribution in [0.25, 0.3) is 5.69 Å². The van der Waals surface area contributed by atoms with Crippen molar-refractivity contribution in [2.24, 2.45) is 0 Å². The summed E-state index contributed by atoms with van der Waals surface area (Å²) in [5.41, 5.74) is 1.75. The van der Waals surface area contributed by atoms with Crippen LogP contribution in [0.15, 0.2) is 53.8 Å². The van der Waals surface area contributed by atoms with Gasteiger partial charge in [-0.2, -0.15) is 0 Å². The van der Waals surface area contributed by atoms with Gasteiger partial charge < -0.3 is 24.3 Å². The number of carbonyl (C=O) groups excluding carboxylic acids is 3. The number of hydrogen-bond donors (Lipinski definition) is 1. The molecule has 3 aromatic rings. The Kier molecular flexibility index (Phi) is 10.8. The lowest BCUT2D eigenvalue weighted by Gasteiger charge is -2.28. The topological polar surface area (TPSA) is 118 Å². The minimum Gasteiger partial charge on any atom is -0.493 e. The van der Waals surface area contributed by atoms with Crippen molar-refractivity contribution in [1.82, 2.24) is 14.9 Å². The highest BCUT2D eigenvalue weighted by Crippen LogP contribution is 2.39. The van der Waals surface area contributed by atoms with Gasteiger partial charge in [-0.25, -0.2) is 14.2 Å². The van der Waals surface area contributed by atoms with Gasteiger partial charge in [0.05, 0.1) is 46.1 Å². The molecule has 2 aromatic carbocycles. The predicted molar refractivity (Wildman–Crippen MR) is 151 cm³/mol. The second-order valence-electron chi connectivity index (χ2n) is 9.48. The van der Waals surface area contributed by atoms with Crippen molar-refractivity contribution in [3.63, 3.8) is 0 Å². The molecule has 0 aliphatic heterocycles. The van der Waals surface area contributed by atoms with Crippen LogP contribution in [-0.4, -0.2) is 67.6 Å².